The van der Waals surface area contributed by atoms with Gasteiger partial charge in [0.1, 0.15) is 10.0 Å². The van der Waals surface area contributed by atoms with Crippen molar-refractivity contribution in [2.75, 3.05) is 5.32 Å². The predicted molar refractivity (Wildman–Crippen MR) is 130 cm³/mol. The molecule has 3 heterocycles. The Labute approximate surface area is 200 Å². The lowest BCUT2D eigenvalue weighted by Crippen LogP contribution is -2.38. The number of aliphatic imine (C=N–C) groups is 1. The normalized spacial score (nSPS) is 21.2. The van der Waals surface area contributed by atoms with Gasteiger partial charge in [0.2, 0.25) is 15.8 Å². The van der Waals surface area contributed by atoms with Gasteiger partial charge in [-0.15, -0.1) is 0 Å². The van der Waals surface area contributed by atoms with E-state index in [1.165, 1.54) is 18.3 Å². The predicted octanol–water partition coefficient (Wildman–Crippen LogP) is 3.77. The molecular weight excluding hydrogens is 462 g/mol. The summed E-state index contributed by atoms with van der Waals surface area (Å²) in [5.74, 6) is 0.315. The Kier molecular flexibility index (Phi) is 7.87. The zero-order valence-electron chi connectivity index (χ0n) is 19.3. The van der Waals surface area contributed by atoms with Gasteiger partial charge in [-0.1, -0.05) is 45.7 Å². The van der Waals surface area contributed by atoms with Crippen LogP contribution in [0.25, 0.3) is 0 Å². The van der Waals surface area contributed by atoms with E-state index < -0.39 is 10.0 Å². The summed E-state index contributed by atoms with van der Waals surface area (Å²) in [7, 11) is -3.82. The van der Waals surface area contributed by atoms with E-state index in [0.717, 1.165) is 23.4 Å². The number of rotatable bonds is 6. The van der Waals surface area contributed by atoms with Crippen molar-refractivity contribution in [3.8, 4) is 0 Å². The van der Waals surface area contributed by atoms with Gasteiger partial charge in [-0.25, -0.2) is 18.5 Å². The zero-order chi connectivity index (χ0) is 24.3. The summed E-state index contributed by atoms with van der Waals surface area (Å²) in [6.07, 6.45) is 3.50. The van der Waals surface area contributed by atoms with E-state index in [-0.39, 0.29) is 34.9 Å². The molecule has 33 heavy (non-hydrogen) atoms. The number of halogens is 1. The molecule has 1 aliphatic rings. The number of pyridine rings is 2. The van der Waals surface area contributed by atoms with Crippen LogP contribution in [0, 0.1) is 17.8 Å². The van der Waals surface area contributed by atoms with Crippen molar-refractivity contribution in [2.45, 2.75) is 58.4 Å². The van der Waals surface area contributed by atoms with Crippen LogP contribution in [0.1, 0.15) is 51.1 Å². The van der Waals surface area contributed by atoms with E-state index >= 15 is 0 Å². The highest BCUT2D eigenvalue weighted by atomic mass is 35.5. The van der Waals surface area contributed by atoms with Crippen molar-refractivity contribution in [1.82, 2.24) is 9.97 Å². The van der Waals surface area contributed by atoms with Crippen molar-refractivity contribution in [3.05, 3.63) is 46.5 Å². The van der Waals surface area contributed by atoms with Gasteiger partial charge in [0.15, 0.2) is 5.84 Å². The molecule has 178 valence electrons. The Morgan fingerprint density at radius 1 is 1.33 bits per heavy atom. The van der Waals surface area contributed by atoms with Crippen LogP contribution in [-0.2, 0) is 34.2 Å². The molecule has 8 nitrogen and oxygen atoms in total. The molecule has 2 aromatic heterocycles. The molecule has 1 aliphatic heterocycles. The summed E-state index contributed by atoms with van der Waals surface area (Å²) in [6.45, 7) is 8.31. The Morgan fingerprint density at radius 3 is 2.64 bits per heavy atom. The van der Waals surface area contributed by atoms with E-state index in [4.69, 9.17) is 16.7 Å². The number of nitrogens with zero attached hydrogens (tertiary/aromatic N) is 3. The summed E-state index contributed by atoms with van der Waals surface area (Å²) in [4.78, 5) is 26.6. The van der Waals surface area contributed by atoms with Crippen LogP contribution in [-0.4, -0.2) is 30.0 Å². The van der Waals surface area contributed by atoms with E-state index in [1.54, 1.807) is 0 Å². The fourth-order valence-corrected chi connectivity index (χ4v) is 4.77. The SMILES string of the molecule is CCc1cc2c(nc1Cl)CC(C(C)CC)C(C)C(=O)C(=NCc1ccc(S(N)(=O)=O)cn1)N2. The van der Waals surface area contributed by atoms with E-state index in [1.807, 2.05) is 19.9 Å². The van der Waals surface area contributed by atoms with Gasteiger partial charge in [-0.3, -0.25) is 14.8 Å². The molecule has 0 amide bonds. The molecule has 0 saturated heterocycles. The molecule has 0 bridgehead atoms. The number of carbonyl (C=O) groups excluding carboxylic acids is 1. The zero-order valence-corrected chi connectivity index (χ0v) is 20.9. The number of Topliss-reactive ketones (excluding diaryl/α,β-unsaturated/α-hetero) is 1. The number of carbonyl (C=O) groups is 1. The summed E-state index contributed by atoms with van der Waals surface area (Å²) in [5, 5.41) is 8.81. The Balaban J connectivity index is 2.00. The second kappa shape index (κ2) is 10.3. The fraction of sp³-hybridized carbons (Fsp3) is 0.478. The van der Waals surface area contributed by atoms with Crippen molar-refractivity contribution in [3.63, 3.8) is 0 Å². The molecule has 0 fully saturated rings. The highest BCUT2D eigenvalue weighted by molar-refractivity contribution is 7.89. The van der Waals surface area contributed by atoms with Gasteiger partial charge in [0, 0.05) is 12.1 Å². The monoisotopic (exact) mass is 491 g/mol. The van der Waals surface area contributed by atoms with Crippen molar-refractivity contribution in [1.29, 1.82) is 0 Å². The molecule has 3 unspecified atom stereocenters. The smallest absolute Gasteiger partial charge is 0.239 e. The molecule has 0 spiro atoms. The van der Waals surface area contributed by atoms with Crippen molar-refractivity contribution in [2.24, 2.45) is 27.9 Å². The van der Waals surface area contributed by atoms with Gasteiger partial charge in [0.05, 0.1) is 23.6 Å². The number of fused-ring (bicyclic) bond motifs is 1. The molecule has 2 aromatic rings. The minimum absolute atomic E-state index is 0.0693. The maximum Gasteiger partial charge on any atom is 0.239 e. The van der Waals surface area contributed by atoms with Crippen molar-refractivity contribution >= 4 is 38.9 Å². The number of primary sulfonamides is 1. The number of aromatic nitrogens is 2. The third kappa shape index (κ3) is 5.77. The standard InChI is InChI=1S/C23H30ClN5O3S/c1-5-13(3)18-10-20-19(9-15(6-2)22(24)28-20)29-23(21(30)14(18)4)27-11-16-7-8-17(12-26-16)33(25,31)32/h7-9,12-14,18H,5-6,10-11H2,1-4H3,(H,27,29)(H2,25,31,32). The molecule has 0 aliphatic carbocycles. The summed E-state index contributed by atoms with van der Waals surface area (Å²) >= 11 is 6.41. The number of aryl methyl sites for hydroxylation is 1. The minimum atomic E-state index is -3.82. The minimum Gasteiger partial charge on any atom is -0.336 e. The number of nitrogens with two attached hydrogens (primary N) is 1. The molecular formula is C23H30ClN5O3S. The second-order valence-corrected chi connectivity index (χ2v) is 10.4. The number of ketones is 1. The maximum absolute atomic E-state index is 13.4. The number of anilines is 1. The molecule has 3 rings (SSSR count). The van der Waals surface area contributed by atoms with Crippen LogP contribution in [0.5, 0.6) is 0 Å². The second-order valence-electron chi connectivity index (χ2n) is 8.51. The maximum atomic E-state index is 13.4. The molecule has 0 saturated carbocycles. The molecule has 0 aromatic carbocycles. The van der Waals surface area contributed by atoms with Crippen LogP contribution in [0.4, 0.5) is 5.69 Å². The number of hydrogen-bond acceptors (Lipinski definition) is 6. The van der Waals surface area contributed by atoms with E-state index in [0.29, 0.717) is 29.6 Å². The first kappa shape index (κ1) is 25.3. The number of amidine groups is 1. The van der Waals surface area contributed by atoms with Crippen LogP contribution < -0.4 is 10.5 Å². The first-order valence-electron chi connectivity index (χ1n) is 11.1. The molecule has 10 heteroatoms. The average molecular weight is 492 g/mol. The largest absolute Gasteiger partial charge is 0.336 e. The van der Waals surface area contributed by atoms with E-state index in [2.05, 4.69) is 34.1 Å². The topological polar surface area (TPSA) is 127 Å². The Hall–Kier alpha value is -2.36. The number of sulfonamides is 1. The molecule has 0 radical (unpaired) electrons. The number of hydrogen-bond donors (Lipinski definition) is 2. The van der Waals surface area contributed by atoms with E-state index in [9.17, 15) is 13.2 Å². The summed E-state index contributed by atoms with van der Waals surface area (Å²) < 4.78 is 22.9. The van der Waals surface area contributed by atoms with Crippen LogP contribution in [0.15, 0.2) is 34.3 Å². The molecule has 3 N–H and O–H groups in total. The van der Waals surface area contributed by atoms with Gasteiger partial charge in [-0.05, 0) is 48.4 Å². The molecule has 3 atom stereocenters. The third-order valence-electron chi connectivity index (χ3n) is 6.38. The van der Waals surface area contributed by atoms with Crippen LogP contribution in [0.3, 0.4) is 0 Å². The highest BCUT2D eigenvalue weighted by Gasteiger charge is 2.34. The lowest BCUT2D eigenvalue weighted by Gasteiger charge is -2.31. The highest BCUT2D eigenvalue weighted by Crippen LogP contribution is 2.34. The Morgan fingerprint density at radius 2 is 2.06 bits per heavy atom. The van der Waals surface area contributed by atoms with Crippen LogP contribution >= 0.6 is 11.6 Å². The first-order valence-corrected chi connectivity index (χ1v) is 13.0. The summed E-state index contributed by atoms with van der Waals surface area (Å²) in [6, 6.07) is 4.85. The van der Waals surface area contributed by atoms with Gasteiger partial charge in [0.25, 0.3) is 0 Å². The van der Waals surface area contributed by atoms with Crippen LogP contribution in [0.2, 0.25) is 5.15 Å². The lowest BCUT2D eigenvalue weighted by atomic mass is 9.76. The summed E-state index contributed by atoms with van der Waals surface area (Å²) in [5.41, 5.74) is 2.97. The van der Waals surface area contributed by atoms with Crippen molar-refractivity contribution < 1.29 is 13.2 Å². The van der Waals surface area contributed by atoms with Gasteiger partial charge in [-0.2, -0.15) is 0 Å². The van der Waals surface area contributed by atoms with Gasteiger partial charge < -0.3 is 5.32 Å². The first-order chi connectivity index (χ1) is 15.5. The quantitative estimate of drug-likeness (QED) is 0.592. The Bertz CT molecular complexity index is 1170. The lowest BCUT2D eigenvalue weighted by molar-refractivity contribution is -0.118. The number of nitrogens with one attached hydrogen (secondary N) is 1. The fourth-order valence-electron chi connectivity index (χ4n) is 4.03. The average Bonchev–Trinajstić information content (AvgIpc) is 2.78. The van der Waals surface area contributed by atoms with Gasteiger partial charge >= 0.3 is 0 Å². The third-order valence-corrected chi connectivity index (χ3v) is 7.61.